The molecule has 0 spiro atoms. The van der Waals surface area contributed by atoms with Crippen LogP contribution < -0.4 is 10.6 Å². The van der Waals surface area contributed by atoms with Gasteiger partial charge < -0.3 is 15.5 Å². The molecule has 0 saturated carbocycles. The van der Waals surface area contributed by atoms with Gasteiger partial charge in [0.25, 0.3) is 0 Å². The predicted octanol–water partition coefficient (Wildman–Crippen LogP) is 0.513. The maximum atomic E-state index is 11.8. The molecule has 112 valence electrons. The molecule has 0 heterocycles. The minimum atomic E-state index is -4.90. The minimum Gasteiger partial charge on any atom is -0.355 e. The van der Waals surface area contributed by atoms with Crippen molar-refractivity contribution in [3.8, 4) is 0 Å². The molecule has 0 aliphatic heterocycles. The number of rotatable bonds is 8. The molecule has 0 aliphatic carbocycles. The molecule has 2 amide bonds. The minimum absolute atomic E-state index is 0.167. The van der Waals surface area contributed by atoms with Gasteiger partial charge in [-0.1, -0.05) is 13.8 Å². The first-order valence-electron chi connectivity index (χ1n) is 6.15. The van der Waals surface area contributed by atoms with E-state index in [0.717, 1.165) is 13.1 Å². The molecule has 0 aromatic rings. The van der Waals surface area contributed by atoms with E-state index in [0.29, 0.717) is 13.1 Å². The van der Waals surface area contributed by atoms with Crippen LogP contribution in [0.2, 0.25) is 0 Å². The number of nitrogens with one attached hydrogen (secondary N) is 2. The van der Waals surface area contributed by atoms with Gasteiger partial charge in [-0.2, -0.15) is 13.2 Å². The van der Waals surface area contributed by atoms with Crippen LogP contribution in [0.15, 0.2) is 0 Å². The third kappa shape index (κ3) is 8.41. The highest BCUT2D eigenvalue weighted by Gasteiger charge is 2.38. The number of carbonyl (C=O) groups is 2. The largest absolute Gasteiger partial charge is 0.471 e. The summed E-state index contributed by atoms with van der Waals surface area (Å²) in [5, 5.41) is 4.22. The zero-order valence-corrected chi connectivity index (χ0v) is 11.1. The van der Waals surface area contributed by atoms with E-state index in [1.54, 1.807) is 5.32 Å². The van der Waals surface area contributed by atoms with Gasteiger partial charge in [0.1, 0.15) is 0 Å². The Bertz CT molecular complexity index is 291. The molecular weight excluding hydrogens is 263 g/mol. The first-order valence-corrected chi connectivity index (χ1v) is 6.15. The molecule has 19 heavy (non-hydrogen) atoms. The van der Waals surface area contributed by atoms with Crippen molar-refractivity contribution in [3.63, 3.8) is 0 Å². The quantitative estimate of drug-likeness (QED) is 0.682. The average molecular weight is 283 g/mol. The summed E-state index contributed by atoms with van der Waals surface area (Å²) in [5.41, 5.74) is 0. The Kier molecular flexibility index (Phi) is 8.13. The van der Waals surface area contributed by atoms with Gasteiger partial charge in [-0.05, 0) is 13.1 Å². The molecule has 0 atom stereocenters. The summed E-state index contributed by atoms with van der Waals surface area (Å²) < 4.78 is 35.5. The summed E-state index contributed by atoms with van der Waals surface area (Å²) in [6, 6.07) is 0. The standard InChI is InChI=1S/C11H20F3N3O2/c1-3-17(4-2)8-7-15-9(18)5-6-16-10(19)11(12,13)14/h3-8H2,1-2H3,(H,15,18)(H,16,19). The van der Waals surface area contributed by atoms with Crippen LogP contribution in [0.1, 0.15) is 20.3 Å². The van der Waals surface area contributed by atoms with Crippen molar-refractivity contribution in [2.45, 2.75) is 26.4 Å². The van der Waals surface area contributed by atoms with E-state index in [2.05, 4.69) is 10.2 Å². The summed E-state index contributed by atoms with van der Waals surface area (Å²) in [7, 11) is 0. The summed E-state index contributed by atoms with van der Waals surface area (Å²) in [5.74, 6) is -2.40. The first-order chi connectivity index (χ1) is 8.81. The lowest BCUT2D eigenvalue weighted by Gasteiger charge is -2.17. The van der Waals surface area contributed by atoms with Gasteiger partial charge in [0.2, 0.25) is 5.91 Å². The third-order valence-electron chi connectivity index (χ3n) is 2.54. The van der Waals surface area contributed by atoms with E-state index in [1.807, 2.05) is 13.8 Å². The van der Waals surface area contributed by atoms with Crippen LogP contribution in [0.5, 0.6) is 0 Å². The zero-order chi connectivity index (χ0) is 14.9. The normalized spacial score (nSPS) is 11.5. The summed E-state index contributed by atoms with van der Waals surface area (Å²) in [4.78, 5) is 23.8. The number of amides is 2. The average Bonchev–Trinajstić information content (AvgIpc) is 2.33. The second-order valence-corrected chi connectivity index (χ2v) is 3.88. The van der Waals surface area contributed by atoms with Crippen molar-refractivity contribution >= 4 is 11.8 Å². The number of likely N-dealkylation sites (N-methyl/N-ethyl adjacent to an activating group) is 1. The summed E-state index contributed by atoms with van der Waals surface area (Å²) in [6.45, 7) is 6.54. The molecular formula is C11H20F3N3O2. The molecule has 0 aromatic heterocycles. The molecule has 0 fully saturated rings. The van der Waals surface area contributed by atoms with Gasteiger partial charge in [-0.3, -0.25) is 9.59 Å². The Hall–Kier alpha value is -1.31. The monoisotopic (exact) mass is 283 g/mol. The molecule has 5 nitrogen and oxygen atoms in total. The summed E-state index contributed by atoms with van der Waals surface area (Å²) in [6.07, 6.45) is -5.07. The number of carbonyl (C=O) groups excluding carboxylic acids is 2. The third-order valence-corrected chi connectivity index (χ3v) is 2.54. The Labute approximate surface area is 110 Å². The molecule has 2 N–H and O–H groups in total. The molecule has 0 bridgehead atoms. The Balaban J connectivity index is 3.69. The fourth-order valence-corrected chi connectivity index (χ4v) is 1.37. The molecule has 0 radical (unpaired) electrons. The second kappa shape index (κ2) is 8.73. The lowest BCUT2D eigenvalue weighted by molar-refractivity contribution is -0.173. The lowest BCUT2D eigenvalue weighted by atomic mass is 10.3. The van der Waals surface area contributed by atoms with Gasteiger partial charge in [0.15, 0.2) is 0 Å². The van der Waals surface area contributed by atoms with Gasteiger partial charge in [0, 0.05) is 26.1 Å². The first kappa shape index (κ1) is 17.7. The van der Waals surface area contributed by atoms with Crippen molar-refractivity contribution in [3.05, 3.63) is 0 Å². The number of alkyl halides is 3. The Morgan fingerprint density at radius 2 is 1.63 bits per heavy atom. The predicted molar refractivity (Wildman–Crippen MR) is 64.5 cm³/mol. The molecule has 8 heteroatoms. The SMILES string of the molecule is CCN(CC)CCNC(=O)CCNC(=O)C(F)(F)F. The highest BCUT2D eigenvalue weighted by atomic mass is 19.4. The molecule has 0 unspecified atom stereocenters. The Morgan fingerprint density at radius 1 is 1.05 bits per heavy atom. The fourth-order valence-electron chi connectivity index (χ4n) is 1.37. The maximum Gasteiger partial charge on any atom is 0.471 e. The van der Waals surface area contributed by atoms with E-state index in [4.69, 9.17) is 0 Å². The number of hydrogen-bond donors (Lipinski definition) is 2. The van der Waals surface area contributed by atoms with Crippen LogP contribution in [0.4, 0.5) is 13.2 Å². The smallest absolute Gasteiger partial charge is 0.355 e. The van der Waals surface area contributed by atoms with Crippen molar-refractivity contribution in [2.75, 3.05) is 32.7 Å². The van der Waals surface area contributed by atoms with Gasteiger partial charge in [-0.25, -0.2) is 0 Å². The van der Waals surface area contributed by atoms with Crippen molar-refractivity contribution in [1.29, 1.82) is 0 Å². The maximum absolute atomic E-state index is 11.8. The Morgan fingerprint density at radius 3 is 2.11 bits per heavy atom. The fraction of sp³-hybridized carbons (Fsp3) is 0.818. The van der Waals surface area contributed by atoms with Crippen LogP contribution in [0.3, 0.4) is 0 Å². The van der Waals surface area contributed by atoms with E-state index in [-0.39, 0.29) is 18.9 Å². The van der Waals surface area contributed by atoms with E-state index >= 15 is 0 Å². The number of hydrogen-bond acceptors (Lipinski definition) is 3. The topological polar surface area (TPSA) is 61.4 Å². The lowest BCUT2D eigenvalue weighted by Crippen LogP contribution is -2.40. The van der Waals surface area contributed by atoms with Crippen LogP contribution >= 0.6 is 0 Å². The highest BCUT2D eigenvalue weighted by molar-refractivity contribution is 5.82. The van der Waals surface area contributed by atoms with Gasteiger partial charge in [0.05, 0.1) is 0 Å². The van der Waals surface area contributed by atoms with Crippen molar-refractivity contribution in [1.82, 2.24) is 15.5 Å². The van der Waals surface area contributed by atoms with Crippen LogP contribution in [0, 0.1) is 0 Å². The second-order valence-electron chi connectivity index (χ2n) is 3.88. The van der Waals surface area contributed by atoms with E-state index in [9.17, 15) is 22.8 Å². The number of nitrogens with zero attached hydrogens (tertiary/aromatic N) is 1. The van der Waals surface area contributed by atoms with Crippen molar-refractivity contribution < 1.29 is 22.8 Å². The van der Waals surface area contributed by atoms with Gasteiger partial charge in [-0.15, -0.1) is 0 Å². The number of halogens is 3. The van der Waals surface area contributed by atoms with Crippen LogP contribution in [-0.4, -0.2) is 55.6 Å². The van der Waals surface area contributed by atoms with E-state index < -0.39 is 12.1 Å². The van der Waals surface area contributed by atoms with Crippen molar-refractivity contribution in [2.24, 2.45) is 0 Å². The van der Waals surface area contributed by atoms with Crippen LogP contribution in [0.25, 0.3) is 0 Å². The zero-order valence-electron chi connectivity index (χ0n) is 11.1. The summed E-state index contributed by atoms with van der Waals surface area (Å²) >= 11 is 0. The molecule has 0 aliphatic rings. The molecule has 0 aromatic carbocycles. The molecule has 0 rings (SSSR count). The van der Waals surface area contributed by atoms with Crippen LogP contribution in [-0.2, 0) is 9.59 Å². The highest BCUT2D eigenvalue weighted by Crippen LogP contribution is 2.13. The van der Waals surface area contributed by atoms with E-state index in [1.165, 1.54) is 0 Å². The molecule has 0 saturated heterocycles. The van der Waals surface area contributed by atoms with Gasteiger partial charge >= 0.3 is 12.1 Å².